The Labute approximate surface area is 412 Å². The van der Waals surface area contributed by atoms with Crippen molar-refractivity contribution in [1.82, 2.24) is 19.9 Å². The van der Waals surface area contributed by atoms with Gasteiger partial charge in [-0.15, -0.1) is 142 Å². The third kappa shape index (κ3) is 18.0. The molecule has 0 saturated carbocycles. The molecule has 4 aromatic carbocycles. The Balaban J connectivity index is 0.000000391. The first-order valence-corrected chi connectivity index (χ1v) is 18.7. The molecule has 0 atom stereocenters. The van der Waals surface area contributed by atoms with Gasteiger partial charge in [-0.2, -0.15) is 0 Å². The van der Waals surface area contributed by atoms with Gasteiger partial charge in [0.05, 0.1) is 0 Å². The molecule has 8 heteroatoms. The van der Waals surface area contributed by atoms with Gasteiger partial charge in [-0.25, -0.2) is 0 Å². The average Bonchev–Trinajstić information content (AvgIpc) is 3.20. The zero-order chi connectivity index (χ0) is 39.9. The molecule has 316 valence electrons. The van der Waals surface area contributed by atoms with Crippen LogP contribution in [0.5, 0.6) is 0 Å². The Morgan fingerprint density at radius 3 is 1.03 bits per heavy atom. The van der Waals surface area contributed by atoms with Crippen molar-refractivity contribution in [3.05, 3.63) is 215 Å². The molecule has 4 radical (unpaired) electrons. The van der Waals surface area contributed by atoms with Crippen molar-refractivity contribution >= 4 is 0 Å². The second-order valence-corrected chi connectivity index (χ2v) is 14.0. The second kappa shape index (κ2) is 27.8. The Bertz CT molecular complexity index is 2260. The number of nitrogens with zero attached hydrogens (tertiary/aromatic N) is 4. The summed E-state index contributed by atoms with van der Waals surface area (Å²) in [5.74, 6) is 0. The molecule has 0 spiro atoms. The van der Waals surface area contributed by atoms with Gasteiger partial charge in [-0.05, 0) is 73.7 Å². The SMILES string of the molecule is Cc1c[c-]c(-c2cc(C)ccn2)cc1.Cc1c[c-]c(-c2ccc(C)cn2)cc1.Cc1cc[c-]c(-c2cc(C)ccn2)c1.Cc1ccc(-c2[c-]ccc(C)c2)nc1.[Ir].[Ir].[Ir].[Ir]. The standard InChI is InChI=1S/4C13H12N.4Ir/c1-10-3-6-12(7-4-10)13-8-5-11(2)9-14-13;1-10-3-5-12(6-4-10)13-9-11(2)7-8-14-13;1-10-4-3-5-12(8-10)13-9-11(2)6-7-14-13;1-10-4-3-5-12(8-10)13-7-6-11(2)9-14-13;;;;/h3-6,8-9H,1-2H3;3-5,7-9H,1-2H3;2*3-4,6-9H,1-2H3;;;;/q4*-1;;;;. The van der Waals surface area contributed by atoms with Gasteiger partial charge in [-0.1, -0.05) is 75.2 Å². The molecular formula is C52H48Ir4N4-4. The monoisotopic (exact) mass is 1500 g/mol. The molecule has 8 rings (SSSR count). The molecule has 0 saturated heterocycles. The summed E-state index contributed by atoms with van der Waals surface area (Å²) in [5.41, 5.74) is 17.9. The molecule has 4 nitrogen and oxygen atoms in total. The van der Waals surface area contributed by atoms with E-state index < -0.39 is 0 Å². The fourth-order valence-corrected chi connectivity index (χ4v) is 5.40. The Hall–Kier alpha value is -3.92. The molecule has 60 heavy (non-hydrogen) atoms. The van der Waals surface area contributed by atoms with Gasteiger partial charge in [0.1, 0.15) is 0 Å². The van der Waals surface area contributed by atoms with Crippen molar-refractivity contribution in [3.8, 4) is 45.0 Å². The maximum absolute atomic E-state index is 4.36. The summed E-state index contributed by atoms with van der Waals surface area (Å²) in [4.78, 5) is 17.3. The predicted octanol–water partition coefficient (Wildman–Crippen LogP) is 12.7. The van der Waals surface area contributed by atoms with Crippen molar-refractivity contribution in [2.45, 2.75) is 55.4 Å². The van der Waals surface area contributed by atoms with Crippen LogP contribution in [0.15, 0.2) is 146 Å². The quantitative estimate of drug-likeness (QED) is 0.165. The molecular weight excluding hydrogens is 1450 g/mol. The van der Waals surface area contributed by atoms with E-state index in [0.29, 0.717) is 0 Å². The Morgan fingerprint density at radius 1 is 0.300 bits per heavy atom. The molecule has 0 amide bonds. The summed E-state index contributed by atoms with van der Waals surface area (Å²) in [6.07, 6.45) is 7.42. The van der Waals surface area contributed by atoms with Gasteiger partial charge in [0, 0.05) is 105 Å². The van der Waals surface area contributed by atoms with Crippen LogP contribution >= 0.6 is 0 Å². The van der Waals surface area contributed by atoms with Crippen LogP contribution in [0.2, 0.25) is 0 Å². The zero-order valence-corrected chi connectivity index (χ0v) is 44.6. The van der Waals surface area contributed by atoms with E-state index in [0.717, 1.165) is 45.0 Å². The summed E-state index contributed by atoms with van der Waals surface area (Å²) in [6.45, 7) is 16.5. The minimum Gasteiger partial charge on any atom is -0.305 e. The van der Waals surface area contributed by atoms with E-state index in [9.17, 15) is 0 Å². The summed E-state index contributed by atoms with van der Waals surface area (Å²) < 4.78 is 0. The van der Waals surface area contributed by atoms with Crippen LogP contribution in [0, 0.1) is 79.7 Å². The summed E-state index contributed by atoms with van der Waals surface area (Å²) >= 11 is 0. The van der Waals surface area contributed by atoms with E-state index in [1.165, 1.54) is 44.5 Å². The molecule has 0 aliphatic heterocycles. The van der Waals surface area contributed by atoms with Gasteiger partial charge < -0.3 is 19.9 Å². The first-order chi connectivity index (χ1) is 27.0. The molecule has 0 N–H and O–H groups in total. The minimum atomic E-state index is 0. The van der Waals surface area contributed by atoms with Crippen LogP contribution in [0.4, 0.5) is 0 Å². The van der Waals surface area contributed by atoms with Gasteiger partial charge in [0.15, 0.2) is 0 Å². The molecule has 8 aromatic rings. The van der Waals surface area contributed by atoms with Crippen LogP contribution < -0.4 is 0 Å². The van der Waals surface area contributed by atoms with E-state index in [1.54, 1.807) is 0 Å². The van der Waals surface area contributed by atoms with Crippen LogP contribution in [0.1, 0.15) is 44.5 Å². The van der Waals surface area contributed by atoms with Crippen molar-refractivity contribution in [3.63, 3.8) is 0 Å². The summed E-state index contributed by atoms with van der Waals surface area (Å²) in [5, 5.41) is 0. The Morgan fingerprint density at radius 2 is 0.667 bits per heavy atom. The Kier molecular flexibility index (Phi) is 25.1. The van der Waals surface area contributed by atoms with Crippen molar-refractivity contribution < 1.29 is 80.4 Å². The predicted molar refractivity (Wildman–Crippen MR) is 232 cm³/mol. The number of hydrogen-bond acceptors (Lipinski definition) is 4. The van der Waals surface area contributed by atoms with Crippen LogP contribution in [0.25, 0.3) is 45.0 Å². The third-order valence-electron chi connectivity index (χ3n) is 8.61. The molecule has 0 aliphatic carbocycles. The van der Waals surface area contributed by atoms with E-state index >= 15 is 0 Å². The van der Waals surface area contributed by atoms with E-state index in [-0.39, 0.29) is 80.4 Å². The number of aromatic nitrogens is 4. The third-order valence-corrected chi connectivity index (χ3v) is 8.61. The number of rotatable bonds is 4. The minimum absolute atomic E-state index is 0. The van der Waals surface area contributed by atoms with Crippen LogP contribution in [-0.4, -0.2) is 19.9 Å². The molecule has 0 aliphatic rings. The number of pyridine rings is 4. The summed E-state index contributed by atoms with van der Waals surface area (Å²) in [7, 11) is 0. The number of benzene rings is 4. The van der Waals surface area contributed by atoms with Gasteiger partial charge >= 0.3 is 0 Å². The normalized spacial score (nSPS) is 9.47. The van der Waals surface area contributed by atoms with Crippen LogP contribution in [0.3, 0.4) is 0 Å². The smallest absolute Gasteiger partial charge is 0.0190 e. The first-order valence-electron chi connectivity index (χ1n) is 18.7. The first kappa shape index (κ1) is 54.1. The molecule has 4 aromatic heterocycles. The zero-order valence-electron chi connectivity index (χ0n) is 35.0. The van der Waals surface area contributed by atoms with Crippen molar-refractivity contribution in [1.29, 1.82) is 0 Å². The van der Waals surface area contributed by atoms with Crippen LogP contribution in [-0.2, 0) is 80.4 Å². The molecule has 0 fully saturated rings. The maximum atomic E-state index is 4.36. The average molecular weight is 1500 g/mol. The second-order valence-electron chi connectivity index (χ2n) is 14.0. The fraction of sp³-hybridized carbons (Fsp3) is 0.154. The van der Waals surface area contributed by atoms with E-state index in [2.05, 4.69) is 140 Å². The number of aryl methyl sites for hydroxylation is 8. The largest absolute Gasteiger partial charge is 0.305 e. The fourth-order valence-electron chi connectivity index (χ4n) is 5.40. The van der Waals surface area contributed by atoms with Gasteiger partial charge in [-0.3, -0.25) is 0 Å². The summed E-state index contributed by atoms with van der Waals surface area (Å²) in [6, 6.07) is 53.5. The van der Waals surface area contributed by atoms with Crippen molar-refractivity contribution in [2.24, 2.45) is 0 Å². The molecule has 0 unspecified atom stereocenters. The number of hydrogen-bond donors (Lipinski definition) is 0. The van der Waals surface area contributed by atoms with E-state index in [1.807, 2.05) is 105 Å². The molecule has 0 bridgehead atoms. The van der Waals surface area contributed by atoms with Gasteiger partial charge in [0.2, 0.25) is 0 Å². The maximum Gasteiger partial charge on any atom is 0.0190 e. The van der Waals surface area contributed by atoms with Crippen molar-refractivity contribution in [2.75, 3.05) is 0 Å². The van der Waals surface area contributed by atoms with E-state index in [4.69, 9.17) is 0 Å². The topological polar surface area (TPSA) is 51.6 Å². The van der Waals surface area contributed by atoms with Gasteiger partial charge in [0.25, 0.3) is 0 Å². The molecule has 4 heterocycles.